The predicted molar refractivity (Wildman–Crippen MR) is 126 cm³/mol. The zero-order valence-corrected chi connectivity index (χ0v) is 19.1. The largest absolute Gasteiger partial charge is 0.477 e. The predicted octanol–water partition coefficient (Wildman–Crippen LogP) is 7.64. The summed E-state index contributed by atoms with van der Waals surface area (Å²) in [5, 5.41) is 8.49. The van der Waals surface area contributed by atoms with Crippen molar-refractivity contribution in [2.45, 2.75) is 90.9 Å². The number of ether oxygens (including phenoxy) is 1. The van der Waals surface area contributed by atoms with Gasteiger partial charge in [0.05, 0.1) is 12.3 Å². The van der Waals surface area contributed by atoms with Gasteiger partial charge in [-0.15, -0.1) is 10.2 Å². The molecule has 3 rings (SSSR count). The first kappa shape index (κ1) is 22.8. The van der Waals surface area contributed by atoms with Crippen molar-refractivity contribution in [1.29, 1.82) is 0 Å². The van der Waals surface area contributed by atoms with Crippen molar-refractivity contribution in [3.8, 4) is 17.1 Å². The number of rotatable bonds is 12. The third kappa shape index (κ3) is 7.41. The van der Waals surface area contributed by atoms with E-state index in [1.54, 1.807) is 0 Å². The lowest BCUT2D eigenvalue weighted by atomic mass is 9.77. The van der Waals surface area contributed by atoms with E-state index in [4.69, 9.17) is 4.74 Å². The van der Waals surface area contributed by atoms with Crippen molar-refractivity contribution in [1.82, 2.24) is 10.2 Å². The van der Waals surface area contributed by atoms with E-state index in [0.717, 1.165) is 29.5 Å². The van der Waals surface area contributed by atoms with Crippen LogP contribution in [0.2, 0.25) is 0 Å². The fourth-order valence-corrected chi connectivity index (χ4v) is 4.64. The first-order chi connectivity index (χ1) is 14.8. The molecule has 0 bridgehead atoms. The molecule has 0 aliphatic heterocycles. The second-order valence-corrected chi connectivity index (χ2v) is 9.08. The molecule has 3 heteroatoms. The van der Waals surface area contributed by atoms with E-state index in [0.29, 0.717) is 12.5 Å². The number of aromatic nitrogens is 2. The highest BCUT2D eigenvalue weighted by Crippen LogP contribution is 2.34. The van der Waals surface area contributed by atoms with Crippen LogP contribution in [0.15, 0.2) is 36.4 Å². The maximum atomic E-state index is 5.52. The van der Waals surface area contributed by atoms with Crippen LogP contribution in [0.4, 0.5) is 0 Å². The Morgan fingerprint density at radius 1 is 0.767 bits per heavy atom. The summed E-state index contributed by atoms with van der Waals surface area (Å²) in [5.41, 5.74) is 3.47. The van der Waals surface area contributed by atoms with Gasteiger partial charge in [-0.05, 0) is 42.7 Å². The summed E-state index contributed by atoms with van der Waals surface area (Å²) >= 11 is 0. The van der Waals surface area contributed by atoms with Gasteiger partial charge in [-0.3, -0.25) is 0 Å². The highest BCUT2D eigenvalue weighted by molar-refractivity contribution is 5.59. The Morgan fingerprint density at radius 3 is 2.13 bits per heavy atom. The summed E-state index contributed by atoms with van der Waals surface area (Å²) in [7, 11) is 0. The minimum atomic E-state index is 0.605. The molecule has 0 unspecified atom stereocenters. The summed E-state index contributed by atoms with van der Waals surface area (Å²) in [5.74, 6) is 2.54. The molecule has 1 aliphatic carbocycles. The summed E-state index contributed by atoms with van der Waals surface area (Å²) < 4.78 is 5.52. The van der Waals surface area contributed by atoms with Crippen LogP contribution in [-0.2, 0) is 6.42 Å². The van der Waals surface area contributed by atoms with E-state index >= 15 is 0 Å². The molecular formula is C27H40N2O. The van der Waals surface area contributed by atoms with Gasteiger partial charge in [0.15, 0.2) is 0 Å². The summed E-state index contributed by atoms with van der Waals surface area (Å²) in [6.45, 7) is 5.07. The number of unbranched alkanes of at least 4 members (excludes halogenated alkanes) is 3. The molecule has 0 saturated heterocycles. The molecule has 1 aromatic carbocycles. The number of hydrogen-bond acceptors (Lipinski definition) is 3. The van der Waals surface area contributed by atoms with Crippen LogP contribution >= 0.6 is 0 Å². The fourth-order valence-electron chi connectivity index (χ4n) is 4.64. The average molecular weight is 409 g/mol. The molecular weight excluding hydrogens is 368 g/mol. The first-order valence-electron chi connectivity index (χ1n) is 12.3. The summed E-state index contributed by atoms with van der Waals surface area (Å²) in [6, 6.07) is 12.8. The second-order valence-electron chi connectivity index (χ2n) is 9.08. The number of nitrogens with zero attached hydrogens (tertiary/aromatic N) is 2. The molecule has 164 valence electrons. The molecule has 2 aromatic rings. The first-order valence-corrected chi connectivity index (χ1v) is 12.3. The number of aryl methyl sites for hydroxylation is 1. The van der Waals surface area contributed by atoms with Crippen molar-refractivity contribution in [3.05, 3.63) is 42.0 Å². The van der Waals surface area contributed by atoms with Gasteiger partial charge in [0.25, 0.3) is 0 Å². The highest BCUT2D eigenvalue weighted by atomic mass is 16.5. The maximum Gasteiger partial charge on any atom is 0.233 e. The third-order valence-corrected chi connectivity index (χ3v) is 6.62. The molecule has 0 radical (unpaired) electrons. The Bertz CT molecular complexity index is 703. The standard InChI is InChI=1S/C27H40N2O/c1-3-5-6-7-8-22-9-11-23(12-10-22)13-14-24-15-17-25(18-16-24)26-19-20-27(29-28-26)30-21-4-2/h15-20,22-23H,3-14,21H2,1-2H3. The molecule has 1 saturated carbocycles. The Kier molecular flexibility index (Phi) is 9.66. The van der Waals surface area contributed by atoms with Crippen molar-refractivity contribution >= 4 is 0 Å². The van der Waals surface area contributed by atoms with Gasteiger partial charge in [0.1, 0.15) is 0 Å². The van der Waals surface area contributed by atoms with E-state index in [9.17, 15) is 0 Å². The van der Waals surface area contributed by atoms with Gasteiger partial charge >= 0.3 is 0 Å². The number of hydrogen-bond donors (Lipinski definition) is 0. The smallest absolute Gasteiger partial charge is 0.233 e. The summed E-state index contributed by atoms with van der Waals surface area (Å²) in [6.07, 6.45) is 16.5. The van der Waals surface area contributed by atoms with E-state index < -0.39 is 0 Å². The zero-order valence-electron chi connectivity index (χ0n) is 19.1. The Morgan fingerprint density at radius 2 is 1.50 bits per heavy atom. The van der Waals surface area contributed by atoms with Gasteiger partial charge in [0.2, 0.25) is 5.88 Å². The molecule has 1 heterocycles. The minimum Gasteiger partial charge on any atom is -0.477 e. The molecule has 1 aliphatic rings. The monoisotopic (exact) mass is 408 g/mol. The molecule has 0 amide bonds. The third-order valence-electron chi connectivity index (χ3n) is 6.62. The van der Waals surface area contributed by atoms with E-state index in [1.165, 1.54) is 76.2 Å². The van der Waals surface area contributed by atoms with E-state index in [1.807, 2.05) is 12.1 Å². The lowest BCUT2D eigenvalue weighted by molar-refractivity contribution is 0.249. The average Bonchev–Trinajstić information content (AvgIpc) is 2.81. The molecule has 30 heavy (non-hydrogen) atoms. The van der Waals surface area contributed by atoms with Crippen LogP contribution in [0.1, 0.15) is 90.0 Å². The van der Waals surface area contributed by atoms with Gasteiger partial charge < -0.3 is 4.74 Å². The van der Waals surface area contributed by atoms with Gasteiger partial charge in [-0.25, -0.2) is 0 Å². The summed E-state index contributed by atoms with van der Waals surface area (Å²) in [4.78, 5) is 0. The van der Waals surface area contributed by atoms with Crippen LogP contribution in [0.25, 0.3) is 11.3 Å². The second kappa shape index (κ2) is 12.7. The minimum absolute atomic E-state index is 0.605. The van der Waals surface area contributed by atoms with Crippen molar-refractivity contribution < 1.29 is 4.74 Å². The molecule has 0 atom stereocenters. The fraction of sp³-hybridized carbons (Fsp3) is 0.630. The highest BCUT2D eigenvalue weighted by Gasteiger charge is 2.20. The van der Waals surface area contributed by atoms with Gasteiger partial charge in [0, 0.05) is 11.6 Å². The molecule has 1 fully saturated rings. The Labute approximate surface area is 183 Å². The zero-order chi connectivity index (χ0) is 21.0. The Balaban J connectivity index is 1.39. The lowest BCUT2D eigenvalue weighted by Gasteiger charge is -2.28. The van der Waals surface area contributed by atoms with Crippen LogP contribution in [0.5, 0.6) is 5.88 Å². The topological polar surface area (TPSA) is 35.0 Å². The lowest BCUT2D eigenvalue weighted by Crippen LogP contribution is -2.15. The van der Waals surface area contributed by atoms with Crippen molar-refractivity contribution in [2.75, 3.05) is 6.61 Å². The maximum absolute atomic E-state index is 5.52. The van der Waals surface area contributed by atoms with E-state index in [2.05, 4.69) is 48.3 Å². The normalized spacial score (nSPS) is 19.0. The van der Waals surface area contributed by atoms with Crippen LogP contribution in [0, 0.1) is 11.8 Å². The van der Waals surface area contributed by atoms with Gasteiger partial charge in [-0.1, -0.05) is 95.9 Å². The van der Waals surface area contributed by atoms with Crippen LogP contribution in [-0.4, -0.2) is 16.8 Å². The van der Waals surface area contributed by atoms with Crippen molar-refractivity contribution in [2.24, 2.45) is 11.8 Å². The number of benzene rings is 1. The van der Waals surface area contributed by atoms with Crippen LogP contribution in [0.3, 0.4) is 0 Å². The molecule has 3 nitrogen and oxygen atoms in total. The quantitative estimate of drug-likeness (QED) is 0.338. The molecule has 0 spiro atoms. The Hall–Kier alpha value is -1.90. The SMILES string of the molecule is CCCCCCC1CCC(CCc2ccc(-c3ccc(OCCC)nn3)cc2)CC1. The van der Waals surface area contributed by atoms with Crippen LogP contribution < -0.4 is 4.74 Å². The molecule has 0 N–H and O–H groups in total. The van der Waals surface area contributed by atoms with Gasteiger partial charge in [-0.2, -0.15) is 0 Å². The molecule has 1 aromatic heterocycles. The van der Waals surface area contributed by atoms with E-state index in [-0.39, 0.29) is 0 Å². The van der Waals surface area contributed by atoms with Crippen molar-refractivity contribution in [3.63, 3.8) is 0 Å².